The zero-order valence-electron chi connectivity index (χ0n) is 6.81. The lowest BCUT2D eigenvalue weighted by Crippen LogP contribution is -2.06. The van der Waals surface area contributed by atoms with Crippen molar-refractivity contribution in [3.63, 3.8) is 0 Å². The van der Waals surface area contributed by atoms with Gasteiger partial charge >= 0.3 is 0 Å². The van der Waals surface area contributed by atoms with Crippen LogP contribution in [0.5, 0.6) is 0 Å². The lowest BCUT2D eigenvalue weighted by atomic mass is 10.2. The van der Waals surface area contributed by atoms with E-state index in [1.165, 1.54) is 16.8 Å². The van der Waals surface area contributed by atoms with Crippen molar-refractivity contribution in [2.45, 2.75) is 0 Å². The van der Waals surface area contributed by atoms with Gasteiger partial charge in [-0.1, -0.05) is 12.1 Å². The van der Waals surface area contributed by atoms with Crippen LogP contribution in [-0.4, -0.2) is 11.0 Å². The zero-order valence-corrected chi connectivity index (χ0v) is 6.81. The van der Waals surface area contributed by atoms with Gasteiger partial charge in [-0.3, -0.25) is 14.2 Å². The normalized spacial score (nSPS) is 10.2. The van der Waals surface area contributed by atoms with Gasteiger partial charge in [0.25, 0.3) is 0 Å². The maximum atomic E-state index is 11.3. The molecule has 0 saturated carbocycles. The fraction of sp³-hybridized carbons (Fsp3) is 0. The largest absolute Gasteiger partial charge is 0.290 e. The van der Waals surface area contributed by atoms with Crippen molar-refractivity contribution in [1.29, 1.82) is 0 Å². The second kappa shape index (κ2) is 2.86. The van der Waals surface area contributed by atoms with E-state index in [9.17, 15) is 9.59 Å². The van der Waals surface area contributed by atoms with Crippen LogP contribution >= 0.6 is 0 Å². The van der Waals surface area contributed by atoms with Crippen LogP contribution in [0.3, 0.4) is 0 Å². The number of aromatic nitrogens is 1. The van der Waals surface area contributed by atoms with Crippen LogP contribution in [0.15, 0.2) is 41.3 Å². The molecule has 0 unspecified atom stereocenters. The van der Waals surface area contributed by atoms with Crippen molar-refractivity contribution in [2.75, 3.05) is 0 Å². The fourth-order valence-corrected chi connectivity index (χ4v) is 1.32. The first kappa shape index (κ1) is 7.73. The molecule has 0 atom stereocenters. The molecular weight excluding hydrogens is 166 g/mol. The minimum Gasteiger partial charge on any atom is -0.290 e. The number of hydrogen-bond acceptors (Lipinski definition) is 2. The number of nitrogens with zero attached hydrogens (tertiary/aromatic N) is 1. The summed E-state index contributed by atoms with van der Waals surface area (Å²) in [5.41, 5.74) is 0.582. The maximum absolute atomic E-state index is 11.3. The molecule has 1 aromatic heterocycles. The molecule has 3 heteroatoms. The first-order valence-electron chi connectivity index (χ1n) is 3.88. The van der Waals surface area contributed by atoms with Gasteiger partial charge in [0.1, 0.15) is 0 Å². The number of para-hydroxylation sites is 1. The van der Waals surface area contributed by atoms with Crippen LogP contribution < -0.4 is 5.43 Å². The molecule has 64 valence electrons. The Hall–Kier alpha value is -1.90. The molecule has 1 heterocycles. The van der Waals surface area contributed by atoms with Crippen molar-refractivity contribution in [1.82, 2.24) is 4.57 Å². The molecule has 0 radical (unpaired) electrons. The van der Waals surface area contributed by atoms with Gasteiger partial charge in [0.2, 0.25) is 6.41 Å². The van der Waals surface area contributed by atoms with E-state index < -0.39 is 0 Å². The smallest absolute Gasteiger partial charge is 0.218 e. The highest BCUT2D eigenvalue weighted by atomic mass is 16.1. The number of pyridine rings is 1. The summed E-state index contributed by atoms with van der Waals surface area (Å²) in [6.45, 7) is 0. The van der Waals surface area contributed by atoms with Gasteiger partial charge in [-0.25, -0.2) is 0 Å². The summed E-state index contributed by atoms with van der Waals surface area (Å²) in [4.78, 5) is 21.9. The van der Waals surface area contributed by atoms with E-state index >= 15 is 0 Å². The van der Waals surface area contributed by atoms with Crippen molar-refractivity contribution in [3.05, 3.63) is 46.8 Å². The fourth-order valence-electron chi connectivity index (χ4n) is 1.32. The monoisotopic (exact) mass is 173 g/mol. The van der Waals surface area contributed by atoms with Crippen LogP contribution in [0, 0.1) is 0 Å². The Kier molecular flexibility index (Phi) is 1.70. The molecule has 0 fully saturated rings. The highest BCUT2D eigenvalue weighted by molar-refractivity contribution is 5.83. The van der Waals surface area contributed by atoms with E-state index in [1.54, 1.807) is 24.3 Å². The van der Waals surface area contributed by atoms with Gasteiger partial charge in [-0.15, -0.1) is 0 Å². The Morgan fingerprint density at radius 1 is 1.15 bits per heavy atom. The Morgan fingerprint density at radius 3 is 2.69 bits per heavy atom. The van der Waals surface area contributed by atoms with Crippen LogP contribution in [-0.2, 0) is 4.79 Å². The summed E-state index contributed by atoms with van der Waals surface area (Å²) in [7, 11) is 0. The molecule has 1 aromatic carbocycles. The molecule has 2 rings (SSSR count). The molecular formula is C10H7NO2. The molecule has 0 N–H and O–H groups in total. The molecule has 13 heavy (non-hydrogen) atoms. The molecule has 0 amide bonds. The van der Waals surface area contributed by atoms with Crippen LogP contribution in [0.25, 0.3) is 10.9 Å². The number of hydrogen-bond donors (Lipinski definition) is 0. The third-order valence-corrected chi connectivity index (χ3v) is 1.95. The first-order chi connectivity index (χ1) is 6.33. The van der Waals surface area contributed by atoms with Crippen molar-refractivity contribution in [3.8, 4) is 0 Å². The van der Waals surface area contributed by atoms with Crippen molar-refractivity contribution < 1.29 is 4.79 Å². The molecule has 2 aromatic rings. The molecule has 0 bridgehead atoms. The molecule has 0 spiro atoms. The van der Waals surface area contributed by atoms with Crippen molar-refractivity contribution >= 4 is 17.3 Å². The lowest BCUT2D eigenvalue weighted by Gasteiger charge is -2.01. The van der Waals surface area contributed by atoms with Crippen LogP contribution in [0.4, 0.5) is 0 Å². The lowest BCUT2D eigenvalue weighted by molar-refractivity contribution is 0.548. The topological polar surface area (TPSA) is 39.1 Å². The number of benzene rings is 1. The molecule has 0 aliphatic heterocycles. The highest BCUT2D eigenvalue weighted by Gasteiger charge is 1.99. The SMILES string of the molecule is O=Cn1ccc(=O)c2ccccc21. The summed E-state index contributed by atoms with van der Waals surface area (Å²) < 4.78 is 1.39. The van der Waals surface area contributed by atoms with Gasteiger partial charge < -0.3 is 0 Å². The predicted molar refractivity (Wildman–Crippen MR) is 50.4 cm³/mol. The van der Waals surface area contributed by atoms with E-state index in [-0.39, 0.29) is 5.43 Å². The summed E-state index contributed by atoms with van der Waals surface area (Å²) >= 11 is 0. The number of carbonyl (C=O) groups is 1. The summed E-state index contributed by atoms with van der Waals surface area (Å²) in [5.74, 6) is 0. The minimum absolute atomic E-state index is 0.0614. The molecule has 3 nitrogen and oxygen atoms in total. The molecule has 0 saturated heterocycles. The Labute approximate surface area is 74.2 Å². The van der Waals surface area contributed by atoms with Gasteiger partial charge in [0.05, 0.1) is 5.52 Å². The first-order valence-corrected chi connectivity index (χ1v) is 3.88. The van der Waals surface area contributed by atoms with E-state index in [4.69, 9.17) is 0 Å². The number of fused-ring (bicyclic) bond motifs is 1. The van der Waals surface area contributed by atoms with Gasteiger partial charge in [-0.05, 0) is 12.1 Å². The molecule has 0 aliphatic rings. The average Bonchev–Trinajstić information content (AvgIpc) is 2.19. The Morgan fingerprint density at radius 2 is 1.92 bits per heavy atom. The summed E-state index contributed by atoms with van der Waals surface area (Å²) in [6.07, 6.45) is 2.15. The zero-order chi connectivity index (χ0) is 9.26. The predicted octanol–water partition coefficient (Wildman–Crippen LogP) is 1.04. The Balaban J connectivity index is 3.01. The van der Waals surface area contributed by atoms with E-state index in [0.29, 0.717) is 17.3 Å². The average molecular weight is 173 g/mol. The van der Waals surface area contributed by atoms with Gasteiger partial charge in [0.15, 0.2) is 5.43 Å². The van der Waals surface area contributed by atoms with Gasteiger partial charge in [0, 0.05) is 17.6 Å². The quantitative estimate of drug-likeness (QED) is 0.604. The van der Waals surface area contributed by atoms with Crippen molar-refractivity contribution in [2.24, 2.45) is 0 Å². The van der Waals surface area contributed by atoms with E-state index in [0.717, 1.165) is 0 Å². The maximum Gasteiger partial charge on any atom is 0.218 e. The summed E-state index contributed by atoms with van der Waals surface area (Å²) in [5, 5.41) is 0.567. The van der Waals surface area contributed by atoms with Gasteiger partial charge in [-0.2, -0.15) is 0 Å². The number of rotatable bonds is 1. The summed E-state index contributed by atoms with van der Waals surface area (Å²) in [6, 6.07) is 8.40. The van der Waals surface area contributed by atoms with Crippen LogP contribution in [0.1, 0.15) is 0 Å². The second-order valence-electron chi connectivity index (χ2n) is 2.71. The Bertz CT molecular complexity index is 514. The standard InChI is InChI=1S/C10H7NO2/c12-7-11-6-5-10(13)8-3-1-2-4-9(8)11/h1-7H. The van der Waals surface area contributed by atoms with E-state index in [2.05, 4.69) is 0 Å². The van der Waals surface area contributed by atoms with Crippen LogP contribution in [0.2, 0.25) is 0 Å². The third kappa shape index (κ3) is 1.14. The number of carbonyl (C=O) groups excluding carboxylic acids is 1. The minimum atomic E-state index is -0.0614. The highest BCUT2D eigenvalue weighted by Crippen LogP contribution is 2.06. The third-order valence-electron chi connectivity index (χ3n) is 1.95. The molecule has 0 aliphatic carbocycles. The second-order valence-corrected chi connectivity index (χ2v) is 2.71. The van der Waals surface area contributed by atoms with E-state index in [1.807, 2.05) is 0 Å².